The summed E-state index contributed by atoms with van der Waals surface area (Å²) in [6.45, 7) is 3.78. The summed E-state index contributed by atoms with van der Waals surface area (Å²) >= 11 is 1.87. The highest BCUT2D eigenvalue weighted by atomic mass is 32.1. The van der Waals surface area contributed by atoms with E-state index in [1.165, 1.54) is 16.0 Å². The molecule has 1 N–H and O–H groups in total. The van der Waals surface area contributed by atoms with E-state index in [1.807, 2.05) is 23.5 Å². The van der Waals surface area contributed by atoms with E-state index in [4.69, 9.17) is 9.47 Å². The van der Waals surface area contributed by atoms with Gasteiger partial charge in [-0.3, -0.25) is 4.90 Å². The SMILES string of the molecule is COc1cc(CN2CCC3(CC2)OCCc2sccc23)ccc1O. The summed E-state index contributed by atoms with van der Waals surface area (Å²) < 4.78 is 11.5. The Morgan fingerprint density at radius 3 is 2.92 bits per heavy atom. The number of piperidine rings is 1. The molecule has 1 aromatic heterocycles. The average Bonchev–Trinajstić information content (AvgIpc) is 3.09. The monoisotopic (exact) mass is 345 g/mol. The third-order valence-electron chi connectivity index (χ3n) is 5.26. The molecule has 3 heterocycles. The number of phenols is 1. The molecule has 0 aliphatic carbocycles. The molecule has 24 heavy (non-hydrogen) atoms. The van der Waals surface area contributed by atoms with Gasteiger partial charge in [0.2, 0.25) is 0 Å². The van der Waals surface area contributed by atoms with Gasteiger partial charge in [0.25, 0.3) is 0 Å². The number of methoxy groups -OCH3 is 1. The lowest BCUT2D eigenvalue weighted by Gasteiger charge is -2.44. The number of hydrogen-bond donors (Lipinski definition) is 1. The van der Waals surface area contributed by atoms with Gasteiger partial charge in [-0.25, -0.2) is 0 Å². The fraction of sp³-hybridized carbons (Fsp3) is 0.474. The van der Waals surface area contributed by atoms with E-state index < -0.39 is 0 Å². The number of likely N-dealkylation sites (tertiary alicyclic amines) is 1. The molecule has 0 radical (unpaired) electrons. The minimum Gasteiger partial charge on any atom is -0.504 e. The first-order valence-corrected chi connectivity index (χ1v) is 9.37. The van der Waals surface area contributed by atoms with Crippen LogP contribution < -0.4 is 4.74 Å². The molecule has 4 nitrogen and oxygen atoms in total. The molecule has 5 heteroatoms. The Kier molecular flexibility index (Phi) is 4.24. The predicted octanol–water partition coefficient (Wildman–Crippen LogP) is 3.53. The van der Waals surface area contributed by atoms with Crippen molar-refractivity contribution in [1.82, 2.24) is 4.90 Å². The molecule has 2 aliphatic rings. The summed E-state index contributed by atoms with van der Waals surface area (Å²) in [5.41, 5.74) is 2.54. The smallest absolute Gasteiger partial charge is 0.160 e. The van der Waals surface area contributed by atoms with Crippen molar-refractivity contribution in [2.75, 3.05) is 26.8 Å². The fourth-order valence-corrected chi connectivity index (χ4v) is 4.87. The molecule has 0 unspecified atom stereocenters. The van der Waals surface area contributed by atoms with Crippen LogP contribution in [0, 0.1) is 0 Å². The van der Waals surface area contributed by atoms with Crippen molar-refractivity contribution in [1.29, 1.82) is 0 Å². The van der Waals surface area contributed by atoms with Crippen LogP contribution in [0.5, 0.6) is 11.5 Å². The van der Waals surface area contributed by atoms with Crippen LogP contribution in [-0.4, -0.2) is 36.8 Å². The van der Waals surface area contributed by atoms with Crippen molar-refractivity contribution in [3.8, 4) is 11.5 Å². The van der Waals surface area contributed by atoms with Crippen LogP contribution in [0.3, 0.4) is 0 Å². The Bertz CT molecular complexity index is 719. The number of hydrogen-bond acceptors (Lipinski definition) is 5. The van der Waals surface area contributed by atoms with E-state index in [0.29, 0.717) is 5.75 Å². The zero-order chi connectivity index (χ0) is 16.6. The molecule has 0 bridgehead atoms. The first-order valence-electron chi connectivity index (χ1n) is 8.49. The van der Waals surface area contributed by atoms with Gasteiger partial charge in [-0.2, -0.15) is 0 Å². The molecule has 0 atom stereocenters. The first-order chi connectivity index (χ1) is 11.7. The van der Waals surface area contributed by atoms with Crippen LogP contribution in [-0.2, 0) is 23.3 Å². The fourth-order valence-electron chi connectivity index (χ4n) is 3.92. The van der Waals surface area contributed by atoms with E-state index in [1.54, 1.807) is 13.2 Å². The van der Waals surface area contributed by atoms with Gasteiger partial charge in [0.15, 0.2) is 11.5 Å². The number of ether oxygens (including phenoxy) is 2. The quantitative estimate of drug-likeness (QED) is 0.924. The predicted molar refractivity (Wildman–Crippen MR) is 94.8 cm³/mol. The molecule has 0 saturated carbocycles. The van der Waals surface area contributed by atoms with Gasteiger partial charge in [-0.15, -0.1) is 11.3 Å². The first kappa shape index (κ1) is 15.9. The molecule has 4 rings (SSSR count). The number of benzene rings is 1. The number of nitrogens with zero attached hydrogens (tertiary/aromatic N) is 1. The molecular formula is C19H23NO3S. The maximum atomic E-state index is 9.73. The Morgan fingerprint density at radius 2 is 2.12 bits per heavy atom. The second-order valence-electron chi connectivity index (χ2n) is 6.63. The number of phenolic OH excluding ortho intramolecular Hbond substituents is 1. The summed E-state index contributed by atoms with van der Waals surface area (Å²) in [7, 11) is 1.59. The second-order valence-corrected chi connectivity index (χ2v) is 7.63. The van der Waals surface area contributed by atoms with Crippen molar-refractivity contribution >= 4 is 11.3 Å². The molecule has 2 aromatic rings. The van der Waals surface area contributed by atoms with E-state index in [0.717, 1.165) is 45.5 Å². The van der Waals surface area contributed by atoms with Gasteiger partial charge in [-0.1, -0.05) is 6.07 Å². The van der Waals surface area contributed by atoms with Gasteiger partial charge in [0.05, 0.1) is 19.3 Å². The third-order valence-corrected chi connectivity index (χ3v) is 6.24. The van der Waals surface area contributed by atoms with Crippen molar-refractivity contribution in [3.05, 3.63) is 45.6 Å². The van der Waals surface area contributed by atoms with E-state index in [2.05, 4.69) is 16.3 Å². The van der Waals surface area contributed by atoms with Crippen LogP contribution in [0.1, 0.15) is 28.8 Å². The Hall–Kier alpha value is -1.56. The summed E-state index contributed by atoms with van der Waals surface area (Å²) in [5.74, 6) is 0.735. The molecule has 1 spiro atoms. The summed E-state index contributed by atoms with van der Waals surface area (Å²) in [5, 5.41) is 11.9. The normalized spacial score (nSPS) is 20.0. The zero-order valence-electron chi connectivity index (χ0n) is 14.0. The van der Waals surface area contributed by atoms with Crippen LogP contribution in [0.2, 0.25) is 0 Å². The van der Waals surface area contributed by atoms with Gasteiger partial charge in [0, 0.05) is 30.9 Å². The Labute approximate surface area is 146 Å². The van der Waals surface area contributed by atoms with Crippen molar-refractivity contribution in [3.63, 3.8) is 0 Å². The third kappa shape index (κ3) is 2.81. The maximum Gasteiger partial charge on any atom is 0.160 e. The largest absolute Gasteiger partial charge is 0.504 e. The van der Waals surface area contributed by atoms with Crippen LogP contribution in [0.15, 0.2) is 29.6 Å². The summed E-state index contributed by atoms with van der Waals surface area (Å²) in [4.78, 5) is 3.97. The van der Waals surface area contributed by atoms with Crippen molar-refractivity contribution in [2.45, 2.75) is 31.4 Å². The summed E-state index contributed by atoms with van der Waals surface area (Å²) in [6.07, 6.45) is 3.16. The zero-order valence-corrected chi connectivity index (χ0v) is 14.8. The highest BCUT2D eigenvalue weighted by Gasteiger charge is 2.41. The molecule has 2 aliphatic heterocycles. The second kappa shape index (κ2) is 6.39. The molecule has 1 saturated heterocycles. The van der Waals surface area contributed by atoms with Crippen LogP contribution in [0.25, 0.3) is 0 Å². The standard InChI is InChI=1S/C19H23NO3S/c1-22-17-12-14(2-3-16(17)21)13-20-8-6-19(7-9-20)15-5-11-24-18(15)4-10-23-19/h2-3,5,11-12,21H,4,6-10,13H2,1H3. The molecule has 1 aromatic carbocycles. The lowest BCUT2D eigenvalue weighted by Crippen LogP contribution is -2.45. The number of fused-ring (bicyclic) bond motifs is 2. The van der Waals surface area contributed by atoms with Gasteiger partial charge in [0.1, 0.15) is 0 Å². The van der Waals surface area contributed by atoms with Gasteiger partial charge < -0.3 is 14.6 Å². The molecule has 128 valence electrons. The Morgan fingerprint density at radius 1 is 1.29 bits per heavy atom. The Balaban J connectivity index is 1.44. The van der Waals surface area contributed by atoms with Gasteiger partial charge in [-0.05, 0) is 47.5 Å². The van der Waals surface area contributed by atoms with Crippen LogP contribution in [0.4, 0.5) is 0 Å². The van der Waals surface area contributed by atoms with E-state index in [9.17, 15) is 5.11 Å². The molecular weight excluding hydrogens is 322 g/mol. The minimum absolute atomic E-state index is 0.0588. The highest BCUT2D eigenvalue weighted by molar-refractivity contribution is 7.10. The number of thiophene rings is 1. The van der Waals surface area contributed by atoms with Crippen molar-refractivity contribution < 1.29 is 14.6 Å². The average molecular weight is 345 g/mol. The van der Waals surface area contributed by atoms with Crippen molar-refractivity contribution in [2.24, 2.45) is 0 Å². The van der Waals surface area contributed by atoms with Gasteiger partial charge >= 0.3 is 0 Å². The molecule has 1 fully saturated rings. The van der Waals surface area contributed by atoms with E-state index in [-0.39, 0.29) is 11.4 Å². The minimum atomic E-state index is -0.0588. The number of aromatic hydroxyl groups is 1. The lowest BCUT2D eigenvalue weighted by molar-refractivity contribution is -0.0980. The molecule has 0 amide bonds. The number of rotatable bonds is 3. The topological polar surface area (TPSA) is 41.9 Å². The van der Waals surface area contributed by atoms with Crippen LogP contribution >= 0.6 is 11.3 Å². The summed E-state index contributed by atoms with van der Waals surface area (Å²) in [6, 6.07) is 7.87. The maximum absolute atomic E-state index is 9.73. The van der Waals surface area contributed by atoms with E-state index >= 15 is 0 Å². The lowest BCUT2D eigenvalue weighted by atomic mass is 9.82. The highest BCUT2D eigenvalue weighted by Crippen LogP contribution is 2.43.